The largest absolute Gasteiger partial charge is 0.394 e. The molecule has 1 unspecified atom stereocenters. The van der Waals surface area contributed by atoms with Gasteiger partial charge in [-0.3, -0.25) is 0 Å². The molecule has 0 spiro atoms. The monoisotopic (exact) mass is 253 g/mol. The fraction of sp³-hybridized carbons (Fsp3) is 0.176. The minimum atomic E-state index is -0.0124. The predicted octanol–water partition coefficient (Wildman–Crippen LogP) is 3.02. The Morgan fingerprint density at radius 3 is 2.21 bits per heavy atom. The van der Waals surface area contributed by atoms with Gasteiger partial charge in [-0.15, -0.1) is 0 Å². The first-order valence-electron chi connectivity index (χ1n) is 6.51. The van der Waals surface area contributed by atoms with Crippen LogP contribution in [0.4, 0.5) is 0 Å². The summed E-state index contributed by atoms with van der Waals surface area (Å²) >= 11 is 0. The van der Waals surface area contributed by atoms with Gasteiger partial charge in [0.15, 0.2) is 0 Å². The van der Waals surface area contributed by atoms with E-state index in [1.165, 1.54) is 5.56 Å². The second-order valence-electron chi connectivity index (χ2n) is 4.37. The number of aliphatic hydroxyl groups excluding tert-OH is 1. The van der Waals surface area contributed by atoms with E-state index in [0.29, 0.717) is 0 Å². The lowest BCUT2D eigenvalue weighted by Gasteiger charge is -2.15. The highest BCUT2D eigenvalue weighted by atomic mass is 16.3. The molecule has 0 amide bonds. The highest BCUT2D eigenvalue weighted by Crippen LogP contribution is 2.11. The lowest BCUT2D eigenvalue weighted by molar-refractivity contribution is 0.248. The molecule has 2 N–H and O–H groups in total. The Balaban J connectivity index is 1.86. The van der Waals surface area contributed by atoms with Crippen molar-refractivity contribution in [3.63, 3.8) is 0 Å². The van der Waals surface area contributed by atoms with Crippen LogP contribution in [0.25, 0.3) is 6.08 Å². The Kier molecular flexibility index (Phi) is 5.35. The molecule has 0 saturated heterocycles. The van der Waals surface area contributed by atoms with Crippen molar-refractivity contribution in [1.29, 1.82) is 0 Å². The van der Waals surface area contributed by atoms with Crippen molar-refractivity contribution in [2.24, 2.45) is 0 Å². The Morgan fingerprint density at radius 1 is 0.947 bits per heavy atom. The van der Waals surface area contributed by atoms with E-state index in [-0.39, 0.29) is 12.6 Å². The van der Waals surface area contributed by atoms with Gasteiger partial charge in [-0.25, -0.2) is 0 Å². The first-order chi connectivity index (χ1) is 9.40. The van der Waals surface area contributed by atoms with Gasteiger partial charge in [0.2, 0.25) is 0 Å². The van der Waals surface area contributed by atoms with Crippen molar-refractivity contribution in [3.05, 3.63) is 77.9 Å². The topological polar surface area (TPSA) is 32.3 Å². The summed E-state index contributed by atoms with van der Waals surface area (Å²) in [6.07, 6.45) is 4.15. The van der Waals surface area contributed by atoms with Crippen LogP contribution < -0.4 is 5.32 Å². The molecular weight excluding hydrogens is 234 g/mol. The van der Waals surface area contributed by atoms with Crippen LogP contribution >= 0.6 is 0 Å². The van der Waals surface area contributed by atoms with Crippen molar-refractivity contribution in [2.45, 2.75) is 6.04 Å². The van der Waals surface area contributed by atoms with E-state index in [4.69, 9.17) is 0 Å². The zero-order chi connectivity index (χ0) is 13.3. The van der Waals surface area contributed by atoms with E-state index >= 15 is 0 Å². The second kappa shape index (κ2) is 7.52. The number of nitrogens with one attached hydrogen (secondary N) is 1. The van der Waals surface area contributed by atoms with Gasteiger partial charge < -0.3 is 10.4 Å². The van der Waals surface area contributed by atoms with Gasteiger partial charge >= 0.3 is 0 Å². The summed E-state index contributed by atoms with van der Waals surface area (Å²) in [7, 11) is 0. The van der Waals surface area contributed by atoms with E-state index in [9.17, 15) is 5.11 Å². The van der Waals surface area contributed by atoms with Gasteiger partial charge in [-0.2, -0.15) is 0 Å². The van der Waals surface area contributed by atoms with E-state index in [2.05, 4.69) is 29.6 Å². The minimum absolute atomic E-state index is 0.0124. The summed E-state index contributed by atoms with van der Waals surface area (Å²) in [5.41, 5.74) is 2.29. The standard InChI is InChI=1S/C17H19NO/c19-14-17(16-11-5-2-6-12-16)18-13-7-10-15-8-3-1-4-9-15/h1-12,17-19H,13-14H2/b10-7+. The van der Waals surface area contributed by atoms with Crippen molar-refractivity contribution >= 4 is 6.08 Å². The Bertz CT molecular complexity index is 493. The van der Waals surface area contributed by atoms with Crippen LogP contribution in [0.2, 0.25) is 0 Å². The van der Waals surface area contributed by atoms with Crippen LogP contribution in [0.1, 0.15) is 17.2 Å². The van der Waals surface area contributed by atoms with Gasteiger partial charge in [0.1, 0.15) is 0 Å². The average Bonchev–Trinajstić information content (AvgIpc) is 2.49. The first kappa shape index (κ1) is 13.5. The minimum Gasteiger partial charge on any atom is -0.394 e. The third-order valence-corrected chi connectivity index (χ3v) is 2.98. The number of hydrogen-bond acceptors (Lipinski definition) is 2. The van der Waals surface area contributed by atoms with E-state index in [1.54, 1.807) is 0 Å². The maximum atomic E-state index is 9.41. The number of aliphatic hydroxyl groups is 1. The molecule has 2 heteroatoms. The van der Waals surface area contributed by atoms with Crippen LogP contribution in [-0.2, 0) is 0 Å². The van der Waals surface area contributed by atoms with Crippen molar-refractivity contribution in [1.82, 2.24) is 5.32 Å². The molecule has 0 bridgehead atoms. The maximum absolute atomic E-state index is 9.41. The van der Waals surface area contributed by atoms with Gasteiger partial charge in [-0.1, -0.05) is 72.8 Å². The molecule has 0 aliphatic rings. The van der Waals surface area contributed by atoms with Crippen molar-refractivity contribution < 1.29 is 5.11 Å². The molecule has 0 fully saturated rings. The fourth-order valence-electron chi connectivity index (χ4n) is 1.94. The summed E-state index contributed by atoms with van der Waals surface area (Å²) in [6, 6.07) is 20.2. The Hall–Kier alpha value is -1.90. The summed E-state index contributed by atoms with van der Waals surface area (Å²) in [5.74, 6) is 0. The first-order valence-corrected chi connectivity index (χ1v) is 6.51. The molecule has 0 heterocycles. The SMILES string of the molecule is OCC(NC/C=C/c1ccccc1)c1ccccc1. The molecule has 0 saturated carbocycles. The fourth-order valence-corrected chi connectivity index (χ4v) is 1.94. The lowest BCUT2D eigenvalue weighted by Crippen LogP contribution is -2.24. The molecule has 2 nitrogen and oxygen atoms in total. The third kappa shape index (κ3) is 4.36. The number of benzene rings is 2. The van der Waals surface area contributed by atoms with Crippen molar-refractivity contribution in [3.8, 4) is 0 Å². The summed E-state index contributed by atoms with van der Waals surface area (Å²) < 4.78 is 0. The number of hydrogen-bond donors (Lipinski definition) is 2. The predicted molar refractivity (Wildman–Crippen MR) is 79.7 cm³/mol. The molecule has 2 rings (SSSR count). The Labute approximate surface area is 114 Å². The summed E-state index contributed by atoms with van der Waals surface area (Å²) in [5, 5.41) is 12.7. The van der Waals surface area contributed by atoms with Crippen LogP contribution in [0, 0.1) is 0 Å². The Morgan fingerprint density at radius 2 is 1.58 bits per heavy atom. The highest BCUT2D eigenvalue weighted by Gasteiger charge is 2.06. The number of rotatable bonds is 6. The quantitative estimate of drug-likeness (QED) is 0.829. The molecule has 2 aromatic carbocycles. The third-order valence-electron chi connectivity index (χ3n) is 2.98. The lowest BCUT2D eigenvalue weighted by atomic mass is 10.1. The van der Waals surface area contributed by atoms with Crippen LogP contribution in [0.5, 0.6) is 0 Å². The van der Waals surface area contributed by atoms with Gasteiger partial charge in [0.25, 0.3) is 0 Å². The molecular formula is C17H19NO. The molecule has 19 heavy (non-hydrogen) atoms. The smallest absolute Gasteiger partial charge is 0.0626 e. The molecule has 0 aliphatic carbocycles. The molecule has 2 aromatic rings. The van der Waals surface area contributed by atoms with Crippen molar-refractivity contribution in [2.75, 3.05) is 13.2 Å². The van der Waals surface area contributed by atoms with E-state index in [1.807, 2.05) is 48.5 Å². The van der Waals surface area contributed by atoms with Crippen LogP contribution in [0.3, 0.4) is 0 Å². The summed E-state index contributed by atoms with van der Waals surface area (Å²) in [6.45, 7) is 0.832. The second-order valence-corrected chi connectivity index (χ2v) is 4.37. The van der Waals surface area contributed by atoms with Gasteiger partial charge in [0.05, 0.1) is 12.6 Å². The molecule has 0 radical (unpaired) electrons. The normalized spacial score (nSPS) is 12.7. The zero-order valence-corrected chi connectivity index (χ0v) is 10.9. The summed E-state index contributed by atoms with van der Waals surface area (Å²) in [4.78, 5) is 0. The van der Waals surface area contributed by atoms with Crippen LogP contribution in [0.15, 0.2) is 66.7 Å². The molecule has 0 aromatic heterocycles. The molecule has 0 aliphatic heterocycles. The van der Waals surface area contributed by atoms with Crippen LogP contribution in [-0.4, -0.2) is 18.3 Å². The van der Waals surface area contributed by atoms with Gasteiger partial charge in [-0.05, 0) is 11.1 Å². The zero-order valence-electron chi connectivity index (χ0n) is 10.9. The highest BCUT2D eigenvalue weighted by molar-refractivity contribution is 5.48. The average molecular weight is 253 g/mol. The maximum Gasteiger partial charge on any atom is 0.0626 e. The molecule has 1 atom stereocenters. The van der Waals surface area contributed by atoms with E-state index < -0.39 is 0 Å². The van der Waals surface area contributed by atoms with Gasteiger partial charge in [0, 0.05) is 6.54 Å². The molecule has 98 valence electrons. The van der Waals surface area contributed by atoms with E-state index in [0.717, 1.165) is 12.1 Å².